The first-order chi connectivity index (χ1) is 17.5. The van der Waals surface area contributed by atoms with Crippen LogP contribution in [0.4, 0.5) is 5.82 Å². The van der Waals surface area contributed by atoms with Gasteiger partial charge < -0.3 is 4.90 Å². The largest absolute Gasteiger partial charge is 0.353 e. The number of pyridine rings is 1. The second kappa shape index (κ2) is 9.17. The van der Waals surface area contributed by atoms with Gasteiger partial charge in [0.1, 0.15) is 5.82 Å². The summed E-state index contributed by atoms with van der Waals surface area (Å²) in [6.07, 6.45) is 3.79. The summed E-state index contributed by atoms with van der Waals surface area (Å²) in [5.74, 6) is 1.71. The zero-order valence-corrected chi connectivity index (χ0v) is 20.5. The van der Waals surface area contributed by atoms with Gasteiger partial charge in [0.25, 0.3) is 0 Å². The molecule has 36 heavy (non-hydrogen) atoms. The molecule has 8 nitrogen and oxygen atoms in total. The van der Waals surface area contributed by atoms with E-state index in [4.69, 9.17) is 15.2 Å². The molecule has 180 valence electrons. The van der Waals surface area contributed by atoms with E-state index in [0.717, 1.165) is 53.8 Å². The molecule has 2 bridgehead atoms. The zero-order chi connectivity index (χ0) is 24.6. The van der Waals surface area contributed by atoms with Crippen LogP contribution in [0.3, 0.4) is 0 Å². The lowest BCUT2D eigenvalue weighted by Crippen LogP contribution is -2.68. The van der Waals surface area contributed by atoms with Crippen LogP contribution in [-0.2, 0) is 13.0 Å². The fourth-order valence-corrected chi connectivity index (χ4v) is 5.34. The predicted octanol–water partition coefficient (Wildman–Crippen LogP) is 3.80. The van der Waals surface area contributed by atoms with Crippen molar-refractivity contribution in [2.75, 3.05) is 18.0 Å². The number of hydrogen-bond acceptors (Lipinski definition) is 7. The van der Waals surface area contributed by atoms with Gasteiger partial charge in [0.15, 0.2) is 5.82 Å². The number of aryl methyl sites for hydroxylation is 2. The van der Waals surface area contributed by atoms with Crippen LogP contribution >= 0.6 is 0 Å². The van der Waals surface area contributed by atoms with Gasteiger partial charge >= 0.3 is 0 Å². The minimum atomic E-state index is 0.536. The third-order valence-electron chi connectivity index (χ3n) is 7.15. The van der Waals surface area contributed by atoms with E-state index in [9.17, 15) is 0 Å². The molecule has 2 atom stereocenters. The van der Waals surface area contributed by atoms with Gasteiger partial charge in [-0.15, -0.1) is 0 Å². The molecule has 3 fully saturated rings. The number of aromatic amines is 1. The van der Waals surface area contributed by atoms with Crippen LogP contribution < -0.4 is 4.90 Å². The molecule has 1 aromatic carbocycles. The van der Waals surface area contributed by atoms with Crippen molar-refractivity contribution >= 4 is 5.82 Å². The van der Waals surface area contributed by atoms with Crippen LogP contribution in [-0.4, -0.2) is 55.2 Å². The Morgan fingerprint density at radius 3 is 2.47 bits per heavy atom. The van der Waals surface area contributed by atoms with Gasteiger partial charge in [-0.25, -0.2) is 15.0 Å². The van der Waals surface area contributed by atoms with E-state index in [1.165, 1.54) is 12.0 Å². The average Bonchev–Trinajstić information content (AvgIpc) is 3.31. The standard InChI is InChI=1S/C28H28N8/c1-18-9-23(11-24-10-19(2)33-34-24)32-28(31-18)22-7-8-27(30-14-22)35-16-25-12-26(17-35)36(25)15-21-5-3-20(13-29)4-6-21/h3-10,14,25-26H,11-12,15-17H2,1-2H3,(H,33,34). The molecule has 0 saturated carbocycles. The summed E-state index contributed by atoms with van der Waals surface area (Å²) in [6, 6.07) is 19.4. The summed E-state index contributed by atoms with van der Waals surface area (Å²) < 4.78 is 0. The Morgan fingerprint density at radius 2 is 1.81 bits per heavy atom. The second-order valence-corrected chi connectivity index (χ2v) is 9.88. The number of anilines is 1. The molecular formula is C28H28N8. The van der Waals surface area contributed by atoms with Gasteiger partial charge in [-0.3, -0.25) is 10.00 Å². The van der Waals surface area contributed by atoms with Crippen molar-refractivity contribution in [1.82, 2.24) is 30.0 Å². The summed E-state index contributed by atoms with van der Waals surface area (Å²) in [5.41, 5.74) is 6.80. The molecule has 4 aromatic rings. The third-order valence-corrected chi connectivity index (χ3v) is 7.15. The molecule has 2 unspecified atom stereocenters. The first-order valence-electron chi connectivity index (χ1n) is 12.4. The van der Waals surface area contributed by atoms with E-state index >= 15 is 0 Å². The fraction of sp³-hybridized carbons (Fsp3) is 0.321. The minimum absolute atomic E-state index is 0.536. The molecule has 3 aromatic heterocycles. The van der Waals surface area contributed by atoms with Gasteiger partial charge in [0, 0.05) is 61.3 Å². The molecule has 0 spiro atoms. The highest BCUT2D eigenvalue weighted by Crippen LogP contribution is 2.35. The number of hydrogen-bond donors (Lipinski definition) is 1. The van der Waals surface area contributed by atoms with Gasteiger partial charge in [0.05, 0.1) is 23.0 Å². The Kier molecular flexibility index (Phi) is 5.70. The summed E-state index contributed by atoms with van der Waals surface area (Å²) >= 11 is 0. The van der Waals surface area contributed by atoms with Crippen molar-refractivity contribution in [3.8, 4) is 17.5 Å². The number of H-pyrrole nitrogens is 1. The molecule has 3 aliphatic rings. The molecule has 0 radical (unpaired) electrons. The molecule has 7 rings (SSSR count). The number of rotatable bonds is 6. The minimum Gasteiger partial charge on any atom is -0.353 e. The highest BCUT2D eigenvalue weighted by atomic mass is 15.4. The number of benzene rings is 1. The van der Waals surface area contributed by atoms with E-state index in [1.54, 1.807) is 0 Å². The Bertz CT molecular complexity index is 1410. The van der Waals surface area contributed by atoms with Crippen molar-refractivity contribution in [2.24, 2.45) is 0 Å². The van der Waals surface area contributed by atoms with Crippen LogP contribution in [0, 0.1) is 25.2 Å². The van der Waals surface area contributed by atoms with E-state index in [0.29, 0.717) is 29.9 Å². The first kappa shape index (κ1) is 22.4. The van der Waals surface area contributed by atoms with Gasteiger partial charge in [-0.2, -0.15) is 10.4 Å². The Hall–Kier alpha value is -4.09. The number of nitrogens with zero attached hydrogens (tertiary/aromatic N) is 7. The smallest absolute Gasteiger partial charge is 0.161 e. The Morgan fingerprint density at radius 1 is 1.00 bits per heavy atom. The van der Waals surface area contributed by atoms with E-state index in [1.807, 2.05) is 44.3 Å². The summed E-state index contributed by atoms with van der Waals surface area (Å²) in [4.78, 5) is 19.2. The lowest BCUT2D eigenvalue weighted by molar-refractivity contribution is -0.00868. The molecule has 8 heteroatoms. The van der Waals surface area contributed by atoms with Gasteiger partial charge in [-0.1, -0.05) is 12.1 Å². The maximum absolute atomic E-state index is 9.02. The highest BCUT2D eigenvalue weighted by molar-refractivity contribution is 5.57. The number of fused-ring (bicyclic) bond motifs is 2. The van der Waals surface area contributed by atoms with E-state index in [-0.39, 0.29) is 0 Å². The average molecular weight is 477 g/mol. The number of nitrogens with one attached hydrogen (secondary N) is 1. The van der Waals surface area contributed by atoms with Gasteiger partial charge in [-0.05, 0) is 62.2 Å². The normalized spacial score (nSPS) is 19.1. The number of piperidine rings is 1. The number of piperazine rings is 1. The van der Waals surface area contributed by atoms with Crippen LogP contribution in [0.25, 0.3) is 11.4 Å². The number of aromatic nitrogens is 5. The summed E-state index contributed by atoms with van der Waals surface area (Å²) in [5, 5.41) is 16.3. The lowest BCUT2D eigenvalue weighted by Gasteiger charge is -2.56. The highest BCUT2D eigenvalue weighted by Gasteiger charge is 2.44. The fourth-order valence-electron chi connectivity index (χ4n) is 5.34. The van der Waals surface area contributed by atoms with E-state index in [2.05, 4.69) is 55.3 Å². The molecule has 0 amide bonds. The maximum atomic E-state index is 9.02. The quantitative estimate of drug-likeness (QED) is 0.452. The van der Waals surface area contributed by atoms with Crippen molar-refractivity contribution in [3.63, 3.8) is 0 Å². The Balaban J connectivity index is 1.12. The van der Waals surface area contributed by atoms with Crippen LogP contribution in [0.1, 0.15) is 40.3 Å². The monoisotopic (exact) mass is 476 g/mol. The van der Waals surface area contributed by atoms with Crippen LogP contribution in [0.5, 0.6) is 0 Å². The predicted molar refractivity (Wildman–Crippen MR) is 137 cm³/mol. The summed E-state index contributed by atoms with van der Waals surface area (Å²) in [7, 11) is 0. The molecular weight excluding hydrogens is 448 g/mol. The Labute approximate surface area is 210 Å². The van der Waals surface area contributed by atoms with Crippen LogP contribution in [0.2, 0.25) is 0 Å². The third kappa shape index (κ3) is 4.45. The SMILES string of the molecule is Cc1cc(Cc2cc(C)[nH]n2)nc(-c2ccc(N3CC4CC(C3)N4Cc3ccc(C#N)cc3)nc2)n1. The lowest BCUT2D eigenvalue weighted by atomic mass is 9.86. The maximum Gasteiger partial charge on any atom is 0.161 e. The summed E-state index contributed by atoms with van der Waals surface area (Å²) in [6.45, 7) is 6.89. The molecule has 3 aliphatic heterocycles. The van der Waals surface area contributed by atoms with Crippen molar-refractivity contribution in [1.29, 1.82) is 5.26 Å². The number of nitriles is 1. The zero-order valence-electron chi connectivity index (χ0n) is 20.5. The van der Waals surface area contributed by atoms with Crippen molar-refractivity contribution in [3.05, 3.63) is 88.6 Å². The molecule has 6 heterocycles. The molecule has 3 saturated heterocycles. The molecule has 0 aliphatic carbocycles. The van der Waals surface area contributed by atoms with Crippen molar-refractivity contribution in [2.45, 2.75) is 45.3 Å². The molecule has 1 N–H and O–H groups in total. The first-order valence-corrected chi connectivity index (χ1v) is 12.4. The van der Waals surface area contributed by atoms with Gasteiger partial charge in [0.2, 0.25) is 0 Å². The topological polar surface area (TPSA) is 97.6 Å². The van der Waals surface area contributed by atoms with Crippen molar-refractivity contribution < 1.29 is 0 Å². The van der Waals surface area contributed by atoms with E-state index < -0.39 is 0 Å². The second-order valence-electron chi connectivity index (χ2n) is 9.88. The van der Waals surface area contributed by atoms with Crippen LogP contribution in [0.15, 0.2) is 54.7 Å².